The van der Waals surface area contributed by atoms with Gasteiger partial charge in [-0.1, -0.05) is 0 Å². The van der Waals surface area contributed by atoms with E-state index in [1.807, 2.05) is 0 Å². The summed E-state index contributed by atoms with van der Waals surface area (Å²) in [5, 5.41) is 0. The van der Waals surface area contributed by atoms with Crippen molar-refractivity contribution >= 4 is 0 Å². The minimum absolute atomic E-state index is 0.119. The molecule has 1 unspecified atom stereocenters. The quantitative estimate of drug-likeness (QED) is 0.586. The van der Waals surface area contributed by atoms with E-state index in [1.165, 1.54) is 0 Å². The van der Waals surface area contributed by atoms with Crippen LogP contribution in [0.15, 0.2) is 0 Å². The zero-order valence-electron chi connectivity index (χ0n) is 7.33. The second-order valence-corrected chi connectivity index (χ2v) is 3.08. The van der Waals surface area contributed by atoms with Gasteiger partial charge in [-0.2, -0.15) is 0 Å². The largest absolute Gasteiger partial charge is 0.379 e. The minimum Gasteiger partial charge on any atom is -0.379 e. The summed E-state index contributed by atoms with van der Waals surface area (Å²) in [5.41, 5.74) is 5.79. The fourth-order valence-electron chi connectivity index (χ4n) is 1.33. The number of terminal acetylenes is 1. The lowest BCUT2D eigenvalue weighted by molar-refractivity contribution is 0.0355. The van der Waals surface area contributed by atoms with Gasteiger partial charge in [-0.25, -0.2) is 0 Å². The fourth-order valence-corrected chi connectivity index (χ4v) is 1.33. The van der Waals surface area contributed by atoms with Crippen LogP contribution in [0.1, 0.15) is 6.42 Å². The number of hydrogen-bond donors (Lipinski definition) is 1. The summed E-state index contributed by atoms with van der Waals surface area (Å²) >= 11 is 0. The van der Waals surface area contributed by atoms with Crippen LogP contribution in [0.3, 0.4) is 0 Å². The van der Waals surface area contributed by atoms with E-state index >= 15 is 0 Å². The third-order valence-corrected chi connectivity index (χ3v) is 1.98. The molecule has 0 spiro atoms. The van der Waals surface area contributed by atoms with Crippen molar-refractivity contribution in [2.45, 2.75) is 12.5 Å². The van der Waals surface area contributed by atoms with E-state index in [0.29, 0.717) is 6.42 Å². The molecule has 0 aromatic heterocycles. The van der Waals surface area contributed by atoms with Crippen LogP contribution in [0.2, 0.25) is 0 Å². The number of ether oxygens (including phenoxy) is 1. The Kier molecular flexibility index (Phi) is 4.09. The van der Waals surface area contributed by atoms with Crippen molar-refractivity contribution in [1.82, 2.24) is 4.90 Å². The van der Waals surface area contributed by atoms with Gasteiger partial charge in [-0.3, -0.25) is 4.90 Å². The summed E-state index contributed by atoms with van der Waals surface area (Å²) in [7, 11) is 0. The van der Waals surface area contributed by atoms with Crippen molar-refractivity contribution in [2.75, 3.05) is 32.8 Å². The predicted molar refractivity (Wildman–Crippen MR) is 48.7 cm³/mol. The minimum atomic E-state index is 0.119. The Morgan fingerprint density at radius 3 is 2.75 bits per heavy atom. The second kappa shape index (κ2) is 5.15. The van der Waals surface area contributed by atoms with Crippen LogP contribution in [0.5, 0.6) is 0 Å². The Hall–Kier alpha value is -0.560. The molecule has 2 N–H and O–H groups in total. The van der Waals surface area contributed by atoms with Gasteiger partial charge in [0.1, 0.15) is 0 Å². The Bertz CT molecular complexity index is 158. The molecule has 0 bridgehead atoms. The van der Waals surface area contributed by atoms with Crippen molar-refractivity contribution in [2.24, 2.45) is 5.73 Å². The van der Waals surface area contributed by atoms with Gasteiger partial charge in [-0.05, 0) is 0 Å². The van der Waals surface area contributed by atoms with E-state index in [4.69, 9.17) is 16.9 Å². The third kappa shape index (κ3) is 3.22. The van der Waals surface area contributed by atoms with Crippen LogP contribution < -0.4 is 5.73 Å². The van der Waals surface area contributed by atoms with Gasteiger partial charge in [0.25, 0.3) is 0 Å². The Balaban J connectivity index is 2.16. The lowest BCUT2D eigenvalue weighted by Crippen LogP contribution is -2.43. The third-order valence-electron chi connectivity index (χ3n) is 1.98. The smallest absolute Gasteiger partial charge is 0.0594 e. The number of morpholine rings is 1. The summed E-state index contributed by atoms with van der Waals surface area (Å²) < 4.78 is 5.22. The topological polar surface area (TPSA) is 38.5 Å². The lowest BCUT2D eigenvalue weighted by Gasteiger charge is -2.28. The molecule has 1 fully saturated rings. The molecule has 1 aliphatic rings. The van der Waals surface area contributed by atoms with Gasteiger partial charge in [0.05, 0.1) is 13.2 Å². The molecule has 68 valence electrons. The van der Waals surface area contributed by atoms with Gasteiger partial charge in [0.2, 0.25) is 0 Å². The number of hydrogen-bond acceptors (Lipinski definition) is 3. The predicted octanol–water partition coefficient (Wildman–Crippen LogP) is -0.331. The van der Waals surface area contributed by atoms with Crippen LogP contribution in [-0.4, -0.2) is 43.8 Å². The number of nitrogens with two attached hydrogens (primary N) is 1. The number of nitrogens with zero attached hydrogens (tertiary/aromatic N) is 1. The SMILES string of the molecule is C#CCC(N)CN1CCOCC1. The van der Waals surface area contributed by atoms with Crippen LogP contribution >= 0.6 is 0 Å². The van der Waals surface area contributed by atoms with Crippen molar-refractivity contribution in [3.63, 3.8) is 0 Å². The second-order valence-electron chi connectivity index (χ2n) is 3.08. The monoisotopic (exact) mass is 168 g/mol. The molecule has 0 radical (unpaired) electrons. The molecule has 1 aliphatic heterocycles. The molecule has 12 heavy (non-hydrogen) atoms. The van der Waals surface area contributed by atoms with Crippen molar-refractivity contribution < 1.29 is 4.74 Å². The Morgan fingerprint density at radius 2 is 2.17 bits per heavy atom. The highest BCUT2D eigenvalue weighted by molar-refractivity contribution is 4.89. The van der Waals surface area contributed by atoms with Gasteiger partial charge < -0.3 is 10.5 Å². The lowest BCUT2D eigenvalue weighted by atomic mass is 10.2. The van der Waals surface area contributed by atoms with E-state index in [0.717, 1.165) is 32.8 Å². The Labute approximate surface area is 73.9 Å². The maximum atomic E-state index is 5.79. The maximum Gasteiger partial charge on any atom is 0.0594 e. The normalized spacial score (nSPS) is 21.7. The highest BCUT2D eigenvalue weighted by atomic mass is 16.5. The zero-order chi connectivity index (χ0) is 8.81. The molecule has 1 saturated heterocycles. The first-order valence-electron chi connectivity index (χ1n) is 4.32. The standard InChI is InChI=1S/C9H16N2O/c1-2-3-9(10)8-11-4-6-12-7-5-11/h1,9H,3-8,10H2. The van der Waals surface area contributed by atoms with Crippen LogP contribution in [-0.2, 0) is 4.74 Å². The molecule has 1 atom stereocenters. The van der Waals surface area contributed by atoms with Crippen molar-refractivity contribution in [1.29, 1.82) is 0 Å². The molecule has 0 saturated carbocycles. The molecule has 0 aliphatic carbocycles. The first kappa shape index (κ1) is 9.53. The van der Waals surface area contributed by atoms with E-state index in [-0.39, 0.29) is 6.04 Å². The van der Waals surface area contributed by atoms with Gasteiger partial charge in [0, 0.05) is 32.1 Å². The first-order valence-corrected chi connectivity index (χ1v) is 4.32. The summed E-state index contributed by atoms with van der Waals surface area (Å²) in [6.45, 7) is 4.51. The molecule has 0 aromatic rings. The summed E-state index contributed by atoms with van der Waals surface area (Å²) in [6, 6.07) is 0.119. The number of rotatable bonds is 3. The average Bonchev–Trinajstić information content (AvgIpc) is 2.06. The van der Waals surface area contributed by atoms with E-state index in [1.54, 1.807) is 0 Å². The van der Waals surface area contributed by atoms with Crippen molar-refractivity contribution in [3.8, 4) is 12.3 Å². The highest BCUT2D eigenvalue weighted by Crippen LogP contribution is 1.98. The summed E-state index contributed by atoms with van der Waals surface area (Å²) in [6.07, 6.45) is 5.83. The van der Waals surface area contributed by atoms with Gasteiger partial charge in [-0.15, -0.1) is 12.3 Å². The van der Waals surface area contributed by atoms with Crippen molar-refractivity contribution in [3.05, 3.63) is 0 Å². The molecular weight excluding hydrogens is 152 g/mol. The molecule has 0 aromatic carbocycles. The zero-order valence-corrected chi connectivity index (χ0v) is 7.33. The molecule has 3 nitrogen and oxygen atoms in total. The average molecular weight is 168 g/mol. The maximum absolute atomic E-state index is 5.79. The van der Waals surface area contributed by atoms with Crippen LogP contribution in [0, 0.1) is 12.3 Å². The van der Waals surface area contributed by atoms with Crippen LogP contribution in [0.4, 0.5) is 0 Å². The van der Waals surface area contributed by atoms with E-state index < -0.39 is 0 Å². The molecule has 1 rings (SSSR count). The van der Waals surface area contributed by atoms with Gasteiger partial charge >= 0.3 is 0 Å². The van der Waals surface area contributed by atoms with Crippen LogP contribution in [0.25, 0.3) is 0 Å². The van der Waals surface area contributed by atoms with Gasteiger partial charge in [0.15, 0.2) is 0 Å². The Morgan fingerprint density at radius 1 is 1.50 bits per heavy atom. The van der Waals surface area contributed by atoms with E-state index in [2.05, 4.69) is 10.8 Å². The summed E-state index contributed by atoms with van der Waals surface area (Å²) in [5.74, 6) is 2.57. The molecule has 0 amide bonds. The first-order chi connectivity index (χ1) is 5.83. The molecule has 1 heterocycles. The highest BCUT2D eigenvalue weighted by Gasteiger charge is 2.12. The van der Waals surface area contributed by atoms with E-state index in [9.17, 15) is 0 Å². The fraction of sp³-hybridized carbons (Fsp3) is 0.778. The molecular formula is C9H16N2O. The molecule has 3 heteroatoms. The summed E-state index contributed by atoms with van der Waals surface area (Å²) in [4.78, 5) is 2.30.